The van der Waals surface area contributed by atoms with Gasteiger partial charge in [0.05, 0.1) is 12.2 Å². The molecule has 1 saturated heterocycles. The molecule has 0 aliphatic carbocycles. The van der Waals surface area contributed by atoms with Crippen LogP contribution in [0.1, 0.15) is 43.1 Å². The molecule has 126 valence electrons. The van der Waals surface area contributed by atoms with E-state index in [1.165, 1.54) is 0 Å². The van der Waals surface area contributed by atoms with Gasteiger partial charge in [0.2, 0.25) is 5.91 Å². The van der Waals surface area contributed by atoms with Crippen LogP contribution < -0.4 is 5.32 Å². The Bertz CT molecular complexity index is 647. The van der Waals surface area contributed by atoms with E-state index >= 15 is 0 Å². The van der Waals surface area contributed by atoms with Crippen molar-refractivity contribution in [3.05, 3.63) is 69.7 Å². The summed E-state index contributed by atoms with van der Waals surface area (Å²) in [5.41, 5.74) is 2.13. The molecule has 1 amide bonds. The molecule has 0 saturated carbocycles. The van der Waals surface area contributed by atoms with Gasteiger partial charge in [0.1, 0.15) is 0 Å². The number of carbonyl (C=O) groups excluding carboxylic acids is 1. The summed E-state index contributed by atoms with van der Waals surface area (Å²) in [4.78, 5) is 11.5. The number of ether oxygens (including phenoxy) is 1. The van der Waals surface area contributed by atoms with Gasteiger partial charge in [-0.05, 0) is 48.2 Å². The molecule has 1 aliphatic rings. The summed E-state index contributed by atoms with van der Waals surface area (Å²) >= 11 is 12.0. The van der Waals surface area contributed by atoms with Gasteiger partial charge in [-0.2, -0.15) is 0 Å². The molecule has 0 bridgehead atoms. The minimum atomic E-state index is -0.0893. The van der Waals surface area contributed by atoms with Gasteiger partial charge in [0, 0.05) is 23.0 Å². The maximum absolute atomic E-state index is 11.5. The Kier molecular flexibility index (Phi) is 5.44. The summed E-state index contributed by atoms with van der Waals surface area (Å²) in [5, 5.41) is 4.43. The van der Waals surface area contributed by atoms with Gasteiger partial charge in [-0.3, -0.25) is 4.79 Å². The SMILES string of the molecule is CC(=O)NC1C[C@@H](c2ccc(Cl)cc2)O[C@@H](c2ccc(Cl)cc2)C1. The van der Waals surface area contributed by atoms with Crippen LogP contribution in [0.4, 0.5) is 0 Å². The highest BCUT2D eigenvalue weighted by Gasteiger charge is 2.31. The molecule has 2 aromatic rings. The monoisotopic (exact) mass is 363 g/mol. The van der Waals surface area contributed by atoms with E-state index in [1.807, 2.05) is 48.5 Å². The van der Waals surface area contributed by atoms with E-state index in [1.54, 1.807) is 6.92 Å². The Morgan fingerprint density at radius 2 is 1.33 bits per heavy atom. The van der Waals surface area contributed by atoms with Crippen LogP contribution >= 0.6 is 23.2 Å². The van der Waals surface area contributed by atoms with E-state index < -0.39 is 0 Å². The van der Waals surface area contributed by atoms with Crippen LogP contribution in [0.2, 0.25) is 10.0 Å². The number of hydrogen-bond donors (Lipinski definition) is 1. The standard InChI is InChI=1S/C19H19Cl2NO2/c1-12(23)22-17-10-18(13-2-6-15(20)7-3-13)24-19(11-17)14-4-8-16(21)9-5-14/h2-9,17-19H,10-11H2,1H3,(H,22,23)/t17?,18-,19+. The molecular formula is C19H19Cl2NO2. The highest BCUT2D eigenvalue weighted by Crippen LogP contribution is 2.39. The number of amides is 1. The molecule has 3 rings (SSSR count). The first-order valence-corrected chi connectivity index (χ1v) is 8.70. The average molecular weight is 364 g/mol. The molecule has 1 heterocycles. The lowest BCUT2D eigenvalue weighted by molar-refractivity contribution is -0.122. The van der Waals surface area contributed by atoms with Crippen LogP contribution in [-0.4, -0.2) is 11.9 Å². The number of halogens is 2. The van der Waals surface area contributed by atoms with Gasteiger partial charge in [-0.1, -0.05) is 47.5 Å². The smallest absolute Gasteiger partial charge is 0.217 e. The first-order valence-electron chi connectivity index (χ1n) is 7.95. The van der Waals surface area contributed by atoms with E-state index in [0.717, 1.165) is 24.0 Å². The normalized spacial score (nSPS) is 23.7. The zero-order chi connectivity index (χ0) is 17.1. The van der Waals surface area contributed by atoms with Crippen molar-refractivity contribution >= 4 is 29.1 Å². The molecule has 1 N–H and O–H groups in total. The van der Waals surface area contributed by atoms with Crippen LogP contribution in [0.15, 0.2) is 48.5 Å². The predicted molar refractivity (Wildman–Crippen MR) is 96.3 cm³/mol. The van der Waals surface area contributed by atoms with E-state index in [-0.39, 0.29) is 24.2 Å². The summed E-state index contributed by atoms with van der Waals surface area (Å²) in [5.74, 6) is -0.0217. The third kappa shape index (κ3) is 4.29. The van der Waals surface area contributed by atoms with Crippen molar-refractivity contribution in [3.8, 4) is 0 Å². The zero-order valence-corrected chi connectivity index (χ0v) is 14.8. The van der Waals surface area contributed by atoms with Gasteiger partial charge >= 0.3 is 0 Å². The number of carbonyl (C=O) groups is 1. The maximum atomic E-state index is 11.5. The number of hydrogen-bond acceptors (Lipinski definition) is 2. The molecule has 1 fully saturated rings. The van der Waals surface area contributed by atoms with Gasteiger partial charge in [0.25, 0.3) is 0 Å². The van der Waals surface area contributed by atoms with E-state index in [0.29, 0.717) is 10.0 Å². The first-order chi connectivity index (χ1) is 11.5. The summed E-state index contributed by atoms with van der Waals surface area (Å²) < 4.78 is 6.31. The second kappa shape index (κ2) is 7.56. The molecular weight excluding hydrogens is 345 g/mol. The fraction of sp³-hybridized carbons (Fsp3) is 0.316. The molecule has 0 spiro atoms. The maximum Gasteiger partial charge on any atom is 0.217 e. The van der Waals surface area contributed by atoms with Crippen LogP contribution in [0.3, 0.4) is 0 Å². The van der Waals surface area contributed by atoms with Crippen LogP contribution in [0, 0.1) is 0 Å². The van der Waals surface area contributed by atoms with Gasteiger partial charge in [-0.25, -0.2) is 0 Å². The molecule has 2 aromatic carbocycles. The molecule has 0 radical (unpaired) electrons. The van der Waals surface area contributed by atoms with Crippen LogP contribution in [0.25, 0.3) is 0 Å². The van der Waals surface area contributed by atoms with Crippen molar-refractivity contribution in [2.75, 3.05) is 0 Å². The Balaban J connectivity index is 1.84. The highest BCUT2D eigenvalue weighted by atomic mass is 35.5. The molecule has 3 nitrogen and oxygen atoms in total. The fourth-order valence-corrected chi connectivity index (χ4v) is 3.36. The van der Waals surface area contributed by atoms with Gasteiger partial charge in [-0.15, -0.1) is 0 Å². The van der Waals surface area contributed by atoms with Crippen molar-refractivity contribution < 1.29 is 9.53 Å². The van der Waals surface area contributed by atoms with Crippen LogP contribution in [-0.2, 0) is 9.53 Å². The first kappa shape index (κ1) is 17.3. The van der Waals surface area contributed by atoms with Gasteiger partial charge < -0.3 is 10.1 Å². The summed E-state index contributed by atoms with van der Waals surface area (Å²) in [6, 6.07) is 15.4. The molecule has 5 heteroatoms. The lowest BCUT2D eigenvalue weighted by atomic mass is 9.91. The van der Waals surface area contributed by atoms with E-state index in [4.69, 9.17) is 27.9 Å². The van der Waals surface area contributed by atoms with Crippen molar-refractivity contribution in [2.45, 2.75) is 38.0 Å². The second-order valence-electron chi connectivity index (χ2n) is 6.09. The Morgan fingerprint density at radius 1 is 0.917 bits per heavy atom. The third-order valence-electron chi connectivity index (χ3n) is 4.22. The number of benzene rings is 2. The predicted octanol–water partition coefficient (Wildman–Crippen LogP) is 5.09. The summed E-state index contributed by atoms with van der Waals surface area (Å²) in [6.45, 7) is 1.55. The fourth-order valence-electron chi connectivity index (χ4n) is 3.11. The second-order valence-corrected chi connectivity index (χ2v) is 6.96. The van der Waals surface area contributed by atoms with E-state index in [9.17, 15) is 4.79 Å². The summed E-state index contributed by atoms with van der Waals surface area (Å²) in [6.07, 6.45) is 1.30. The average Bonchev–Trinajstić information content (AvgIpc) is 2.55. The highest BCUT2D eigenvalue weighted by molar-refractivity contribution is 6.30. The van der Waals surface area contributed by atoms with Crippen molar-refractivity contribution in [1.29, 1.82) is 0 Å². The van der Waals surface area contributed by atoms with Crippen molar-refractivity contribution in [2.24, 2.45) is 0 Å². The van der Waals surface area contributed by atoms with Gasteiger partial charge in [0.15, 0.2) is 0 Å². The van der Waals surface area contributed by atoms with Crippen molar-refractivity contribution in [1.82, 2.24) is 5.32 Å². The van der Waals surface area contributed by atoms with E-state index in [2.05, 4.69) is 5.32 Å². The molecule has 0 aromatic heterocycles. The quantitative estimate of drug-likeness (QED) is 0.824. The Labute approximate surface area is 151 Å². The Morgan fingerprint density at radius 3 is 1.71 bits per heavy atom. The molecule has 3 atom stereocenters. The van der Waals surface area contributed by atoms with Crippen LogP contribution in [0.5, 0.6) is 0 Å². The zero-order valence-electron chi connectivity index (χ0n) is 13.3. The number of nitrogens with one attached hydrogen (secondary N) is 1. The van der Waals surface area contributed by atoms with Crippen molar-refractivity contribution in [3.63, 3.8) is 0 Å². The lowest BCUT2D eigenvalue weighted by Gasteiger charge is -2.36. The topological polar surface area (TPSA) is 38.3 Å². The molecule has 24 heavy (non-hydrogen) atoms. The molecule has 1 aliphatic heterocycles. The number of rotatable bonds is 3. The third-order valence-corrected chi connectivity index (χ3v) is 4.72. The largest absolute Gasteiger partial charge is 0.365 e. The molecule has 1 unspecified atom stereocenters. The summed E-state index contributed by atoms with van der Waals surface area (Å²) in [7, 11) is 0. The lowest BCUT2D eigenvalue weighted by Crippen LogP contribution is -2.39. The Hall–Kier alpha value is -1.55. The minimum absolute atomic E-state index is 0.0217. The minimum Gasteiger partial charge on any atom is -0.365 e.